The van der Waals surface area contributed by atoms with Crippen molar-refractivity contribution in [2.75, 3.05) is 5.32 Å². The Hall–Kier alpha value is -2.45. The summed E-state index contributed by atoms with van der Waals surface area (Å²) in [6.07, 6.45) is -2.92. The monoisotopic (exact) mass is 380 g/mol. The smallest absolute Gasteiger partial charge is 0.321 e. The number of rotatable bonds is 4. The molecule has 3 rings (SSSR count). The molecule has 8 heteroatoms. The van der Waals surface area contributed by atoms with Crippen LogP contribution in [0.25, 0.3) is 0 Å². The van der Waals surface area contributed by atoms with Gasteiger partial charge in [0, 0.05) is 11.1 Å². The highest BCUT2D eigenvalue weighted by molar-refractivity contribution is 7.14. The predicted molar refractivity (Wildman–Crippen MR) is 95.3 cm³/mol. The molecule has 0 saturated carbocycles. The zero-order chi connectivity index (χ0) is 17.9. The first kappa shape index (κ1) is 17.4. The highest BCUT2D eigenvalue weighted by Crippen LogP contribution is 2.35. The maximum atomic E-state index is 13.0. The Morgan fingerprint density at radius 2 is 1.84 bits per heavy atom. The number of thiophene rings is 2. The highest BCUT2D eigenvalue weighted by Gasteiger charge is 2.33. The summed E-state index contributed by atoms with van der Waals surface area (Å²) >= 11 is 2.74. The molecule has 0 aliphatic carbocycles. The molecule has 1 N–H and O–H groups in total. The minimum Gasteiger partial charge on any atom is -0.321 e. The van der Waals surface area contributed by atoms with Gasteiger partial charge in [-0.3, -0.25) is 4.79 Å². The average molecular weight is 380 g/mol. The first-order valence-electron chi connectivity index (χ1n) is 7.08. The Bertz CT molecular complexity index is 899. The van der Waals surface area contributed by atoms with Gasteiger partial charge in [0.05, 0.1) is 16.8 Å². The third-order valence-corrected chi connectivity index (χ3v) is 4.85. The second-order valence-corrected chi connectivity index (χ2v) is 6.78. The number of nitrogens with one attached hydrogen (secondary N) is 1. The molecule has 25 heavy (non-hydrogen) atoms. The van der Waals surface area contributed by atoms with Crippen LogP contribution in [0.3, 0.4) is 0 Å². The lowest BCUT2D eigenvalue weighted by atomic mass is 10.1. The number of nitrogens with zero attached hydrogens (tertiary/aromatic N) is 1. The van der Waals surface area contributed by atoms with Crippen LogP contribution in [0.4, 0.5) is 23.9 Å². The fraction of sp³-hybridized carbons (Fsp3) is 0.0588. The second kappa shape index (κ2) is 7.20. The molecular formula is C17H11F3N2OS2. The third kappa shape index (κ3) is 4.15. The Morgan fingerprint density at radius 1 is 1.04 bits per heavy atom. The molecule has 3 aromatic rings. The van der Waals surface area contributed by atoms with Gasteiger partial charge in [-0.15, -0.1) is 22.7 Å². The molecule has 1 amide bonds. The van der Waals surface area contributed by atoms with Gasteiger partial charge in [-0.05, 0) is 35.0 Å². The Balaban J connectivity index is 1.83. The van der Waals surface area contributed by atoms with Crippen molar-refractivity contribution < 1.29 is 18.0 Å². The summed E-state index contributed by atoms with van der Waals surface area (Å²) in [5, 5.41) is 6.34. The summed E-state index contributed by atoms with van der Waals surface area (Å²) in [5.74, 6) is -0.628. The van der Waals surface area contributed by atoms with E-state index < -0.39 is 17.6 Å². The Morgan fingerprint density at radius 3 is 2.56 bits per heavy atom. The van der Waals surface area contributed by atoms with Crippen LogP contribution in [0.15, 0.2) is 58.2 Å². The van der Waals surface area contributed by atoms with Crippen molar-refractivity contribution >= 4 is 45.5 Å². The van der Waals surface area contributed by atoms with E-state index in [1.165, 1.54) is 46.9 Å². The molecule has 0 aliphatic heterocycles. The summed E-state index contributed by atoms with van der Waals surface area (Å²) in [6, 6.07) is 10.2. The topological polar surface area (TPSA) is 41.5 Å². The SMILES string of the molecule is O=C(Nc1ccccc1C(F)(F)F)c1ccsc1/N=C/c1cccs1. The van der Waals surface area contributed by atoms with Crippen LogP contribution in [0.5, 0.6) is 0 Å². The van der Waals surface area contributed by atoms with Crippen LogP contribution in [0, 0.1) is 0 Å². The number of aliphatic imine (C=N–C) groups is 1. The van der Waals surface area contributed by atoms with Crippen molar-refractivity contribution in [3.05, 3.63) is 69.2 Å². The standard InChI is InChI=1S/C17H11F3N2OS2/c18-17(19,20)13-5-1-2-6-14(13)22-15(23)12-7-9-25-16(12)21-10-11-4-3-8-24-11/h1-10H,(H,22,23)/b21-10+. The molecule has 3 nitrogen and oxygen atoms in total. The number of anilines is 1. The third-order valence-electron chi connectivity index (χ3n) is 3.22. The van der Waals surface area contributed by atoms with Crippen molar-refractivity contribution in [1.82, 2.24) is 0 Å². The van der Waals surface area contributed by atoms with Crippen LogP contribution in [-0.2, 0) is 6.18 Å². The van der Waals surface area contributed by atoms with Crippen LogP contribution in [0.1, 0.15) is 20.8 Å². The molecule has 2 heterocycles. The molecule has 2 aromatic heterocycles. The van der Waals surface area contributed by atoms with Crippen molar-refractivity contribution in [1.29, 1.82) is 0 Å². The van der Waals surface area contributed by atoms with E-state index in [0.717, 1.165) is 10.9 Å². The van der Waals surface area contributed by atoms with Crippen molar-refractivity contribution in [3.63, 3.8) is 0 Å². The molecule has 0 fully saturated rings. The largest absolute Gasteiger partial charge is 0.418 e. The van der Waals surface area contributed by atoms with E-state index in [0.29, 0.717) is 5.00 Å². The van der Waals surface area contributed by atoms with Gasteiger partial charge in [0.2, 0.25) is 0 Å². The number of hydrogen-bond acceptors (Lipinski definition) is 4. The van der Waals surface area contributed by atoms with Crippen molar-refractivity contribution in [3.8, 4) is 0 Å². The van der Waals surface area contributed by atoms with Gasteiger partial charge in [0.15, 0.2) is 0 Å². The highest BCUT2D eigenvalue weighted by atomic mass is 32.1. The number of alkyl halides is 3. The number of halogens is 3. The summed E-state index contributed by atoms with van der Waals surface area (Å²) in [7, 11) is 0. The van der Waals surface area contributed by atoms with Crippen LogP contribution in [-0.4, -0.2) is 12.1 Å². The van der Waals surface area contributed by atoms with Gasteiger partial charge in [-0.1, -0.05) is 18.2 Å². The molecule has 0 unspecified atom stereocenters. The molecular weight excluding hydrogens is 369 g/mol. The molecule has 1 aromatic carbocycles. The number of hydrogen-bond donors (Lipinski definition) is 1. The number of benzene rings is 1. The number of carbonyl (C=O) groups excluding carboxylic acids is 1. The lowest BCUT2D eigenvalue weighted by Crippen LogP contribution is -2.16. The molecule has 128 valence electrons. The van der Waals surface area contributed by atoms with E-state index in [9.17, 15) is 18.0 Å². The summed E-state index contributed by atoms with van der Waals surface area (Å²) in [4.78, 5) is 17.6. The lowest BCUT2D eigenvalue weighted by molar-refractivity contribution is -0.136. The van der Waals surface area contributed by atoms with E-state index >= 15 is 0 Å². The lowest BCUT2D eigenvalue weighted by Gasteiger charge is -2.13. The molecule has 0 bridgehead atoms. The van der Waals surface area contributed by atoms with E-state index in [4.69, 9.17) is 0 Å². The molecule has 0 radical (unpaired) electrons. The second-order valence-electron chi connectivity index (χ2n) is 4.91. The number of para-hydroxylation sites is 1. The first-order valence-corrected chi connectivity index (χ1v) is 8.84. The van der Waals surface area contributed by atoms with E-state index in [1.807, 2.05) is 17.5 Å². The number of carbonyl (C=O) groups is 1. The first-order chi connectivity index (χ1) is 11.9. The normalized spacial score (nSPS) is 11.8. The Labute approximate surface area is 149 Å². The fourth-order valence-corrected chi connectivity index (χ4v) is 3.41. The average Bonchev–Trinajstić information content (AvgIpc) is 3.24. The summed E-state index contributed by atoms with van der Waals surface area (Å²) in [5.41, 5.74) is -0.934. The fourth-order valence-electron chi connectivity index (χ4n) is 2.09. The van der Waals surface area contributed by atoms with Crippen LogP contribution < -0.4 is 5.32 Å². The molecule has 0 aliphatic rings. The van der Waals surface area contributed by atoms with Gasteiger partial charge < -0.3 is 5.32 Å². The molecule has 0 atom stereocenters. The maximum absolute atomic E-state index is 13.0. The van der Waals surface area contributed by atoms with Crippen LogP contribution in [0.2, 0.25) is 0 Å². The van der Waals surface area contributed by atoms with Gasteiger partial charge in [0.25, 0.3) is 5.91 Å². The molecule has 0 saturated heterocycles. The zero-order valence-electron chi connectivity index (χ0n) is 12.6. The van der Waals surface area contributed by atoms with Gasteiger partial charge in [-0.25, -0.2) is 4.99 Å². The van der Waals surface area contributed by atoms with Gasteiger partial charge >= 0.3 is 6.18 Å². The van der Waals surface area contributed by atoms with Crippen LogP contribution >= 0.6 is 22.7 Å². The summed E-state index contributed by atoms with van der Waals surface area (Å²) in [6.45, 7) is 0. The van der Waals surface area contributed by atoms with E-state index in [2.05, 4.69) is 10.3 Å². The van der Waals surface area contributed by atoms with Crippen molar-refractivity contribution in [2.45, 2.75) is 6.18 Å². The van der Waals surface area contributed by atoms with Gasteiger partial charge in [0.1, 0.15) is 5.00 Å². The number of amides is 1. The molecule has 0 spiro atoms. The quantitative estimate of drug-likeness (QED) is 0.568. The van der Waals surface area contributed by atoms with E-state index in [1.54, 1.807) is 11.6 Å². The Kier molecular flexibility index (Phi) is 5.00. The minimum atomic E-state index is -4.54. The minimum absolute atomic E-state index is 0.231. The zero-order valence-corrected chi connectivity index (χ0v) is 14.2. The van der Waals surface area contributed by atoms with Crippen molar-refractivity contribution in [2.24, 2.45) is 4.99 Å². The predicted octanol–water partition coefficient (Wildman–Crippen LogP) is 5.83. The summed E-state index contributed by atoms with van der Waals surface area (Å²) < 4.78 is 39.1. The van der Waals surface area contributed by atoms with Gasteiger partial charge in [-0.2, -0.15) is 13.2 Å². The maximum Gasteiger partial charge on any atom is 0.418 e. The van der Waals surface area contributed by atoms with E-state index in [-0.39, 0.29) is 11.3 Å².